The number of aromatic nitrogens is 1. The number of nitrogens with one attached hydrogen (secondary N) is 1. The van der Waals surface area contributed by atoms with Crippen LogP contribution in [0, 0.1) is 0 Å². The third kappa shape index (κ3) is 3.76. The maximum absolute atomic E-state index is 4.38. The van der Waals surface area contributed by atoms with Gasteiger partial charge in [-0.05, 0) is 19.8 Å². The van der Waals surface area contributed by atoms with Crippen LogP contribution in [-0.2, 0) is 13.0 Å². The summed E-state index contributed by atoms with van der Waals surface area (Å²) >= 11 is 1.82. The first-order valence-electron chi connectivity index (χ1n) is 5.43. The zero-order chi connectivity index (χ0) is 10.4. The van der Waals surface area contributed by atoms with Crippen LogP contribution in [0.4, 0.5) is 0 Å². The lowest BCUT2D eigenvalue weighted by molar-refractivity contribution is 0.507. The molecular formula is C11H20N2S. The van der Waals surface area contributed by atoms with Crippen molar-refractivity contribution in [2.45, 2.75) is 52.6 Å². The summed E-state index contributed by atoms with van der Waals surface area (Å²) in [6.45, 7) is 7.55. The molecule has 0 spiro atoms. The second kappa shape index (κ2) is 6.14. The monoisotopic (exact) mass is 212 g/mol. The van der Waals surface area contributed by atoms with Gasteiger partial charge in [0.15, 0.2) is 0 Å². The summed E-state index contributed by atoms with van der Waals surface area (Å²) in [4.78, 5) is 5.75. The zero-order valence-corrected chi connectivity index (χ0v) is 10.2. The summed E-state index contributed by atoms with van der Waals surface area (Å²) < 4.78 is 0. The Morgan fingerprint density at radius 2 is 2.29 bits per heavy atom. The molecule has 0 aliphatic carbocycles. The van der Waals surface area contributed by atoms with Crippen LogP contribution >= 0.6 is 11.3 Å². The van der Waals surface area contributed by atoms with E-state index in [9.17, 15) is 0 Å². The molecule has 0 saturated heterocycles. The first-order valence-corrected chi connectivity index (χ1v) is 6.24. The van der Waals surface area contributed by atoms with Crippen LogP contribution in [0.5, 0.6) is 0 Å². The number of rotatable bonds is 6. The largest absolute Gasteiger partial charge is 0.308 e. The van der Waals surface area contributed by atoms with Gasteiger partial charge in [-0.2, -0.15) is 0 Å². The fourth-order valence-electron chi connectivity index (χ4n) is 1.39. The quantitative estimate of drug-likeness (QED) is 0.784. The van der Waals surface area contributed by atoms with E-state index >= 15 is 0 Å². The summed E-state index contributed by atoms with van der Waals surface area (Å²) in [7, 11) is 0. The molecule has 2 nitrogen and oxygen atoms in total. The van der Waals surface area contributed by atoms with Crippen LogP contribution in [0.2, 0.25) is 0 Å². The molecule has 0 amide bonds. The molecule has 1 aromatic heterocycles. The third-order valence-electron chi connectivity index (χ3n) is 2.27. The second-order valence-corrected chi connectivity index (χ2v) is 4.84. The van der Waals surface area contributed by atoms with Gasteiger partial charge >= 0.3 is 0 Å². The minimum absolute atomic E-state index is 0.606. The summed E-state index contributed by atoms with van der Waals surface area (Å²) in [6, 6.07) is 0.606. The van der Waals surface area contributed by atoms with Gasteiger partial charge in [0.2, 0.25) is 0 Å². The van der Waals surface area contributed by atoms with Crippen molar-refractivity contribution >= 4 is 11.3 Å². The van der Waals surface area contributed by atoms with Crippen molar-refractivity contribution in [3.63, 3.8) is 0 Å². The molecule has 0 aliphatic rings. The van der Waals surface area contributed by atoms with Crippen LogP contribution in [-0.4, -0.2) is 11.0 Å². The van der Waals surface area contributed by atoms with E-state index in [0.717, 1.165) is 13.0 Å². The van der Waals surface area contributed by atoms with Gasteiger partial charge in [0.1, 0.15) is 5.01 Å². The predicted octanol–water partition coefficient (Wildman–Crippen LogP) is 2.98. The first-order chi connectivity index (χ1) is 6.76. The van der Waals surface area contributed by atoms with Gasteiger partial charge in [0.25, 0.3) is 0 Å². The van der Waals surface area contributed by atoms with E-state index in [2.05, 4.69) is 31.1 Å². The molecule has 1 atom stereocenters. The van der Waals surface area contributed by atoms with Crippen molar-refractivity contribution in [3.8, 4) is 0 Å². The number of aryl methyl sites for hydroxylation is 1. The van der Waals surface area contributed by atoms with Gasteiger partial charge in [0, 0.05) is 23.7 Å². The SMILES string of the molecule is CCCC(C)NCc1ncc(CC)s1. The number of hydrogen-bond acceptors (Lipinski definition) is 3. The van der Waals surface area contributed by atoms with E-state index in [0.29, 0.717) is 6.04 Å². The fraction of sp³-hybridized carbons (Fsp3) is 0.727. The normalized spacial score (nSPS) is 13.1. The van der Waals surface area contributed by atoms with Gasteiger partial charge in [-0.3, -0.25) is 0 Å². The molecule has 3 heteroatoms. The van der Waals surface area contributed by atoms with Gasteiger partial charge in [-0.25, -0.2) is 4.98 Å². The summed E-state index contributed by atoms with van der Waals surface area (Å²) in [5.74, 6) is 0. The number of hydrogen-bond donors (Lipinski definition) is 1. The van der Waals surface area contributed by atoms with E-state index in [1.807, 2.05) is 17.5 Å². The third-order valence-corrected chi connectivity index (χ3v) is 3.41. The van der Waals surface area contributed by atoms with E-state index in [1.54, 1.807) is 0 Å². The van der Waals surface area contributed by atoms with E-state index < -0.39 is 0 Å². The molecule has 0 aliphatic heterocycles. The first kappa shape index (κ1) is 11.7. The fourth-order valence-corrected chi connectivity index (χ4v) is 2.20. The Labute approximate surface area is 90.8 Å². The average Bonchev–Trinajstić information content (AvgIpc) is 2.63. The van der Waals surface area contributed by atoms with Crippen LogP contribution in [0.25, 0.3) is 0 Å². The second-order valence-electron chi connectivity index (χ2n) is 3.64. The minimum atomic E-state index is 0.606. The van der Waals surface area contributed by atoms with Crippen LogP contribution in [0.3, 0.4) is 0 Å². The molecule has 1 aromatic rings. The summed E-state index contributed by atoms with van der Waals surface area (Å²) in [5, 5.41) is 4.70. The Morgan fingerprint density at radius 3 is 2.86 bits per heavy atom. The van der Waals surface area contributed by atoms with Crippen molar-refractivity contribution in [1.29, 1.82) is 0 Å². The highest BCUT2D eigenvalue weighted by Gasteiger charge is 2.03. The van der Waals surface area contributed by atoms with Gasteiger partial charge in [-0.15, -0.1) is 11.3 Å². The molecule has 1 rings (SSSR count). The Morgan fingerprint density at radius 1 is 1.50 bits per heavy atom. The lowest BCUT2D eigenvalue weighted by Gasteiger charge is -2.10. The molecule has 1 heterocycles. The van der Waals surface area contributed by atoms with Crippen molar-refractivity contribution in [2.75, 3.05) is 0 Å². The maximum atomic E-state index is 4.38. The van der Waals surface area contributed by atoms with Crippen LogP contribution in [0.15, 0.2) is 6.20 Å². The van der Waals surface area contributed by atoms with Crippen LogP contribution in [0.1, 0.15) is 43.5 Å². The topological polar surface area (TPSA) is 24.9 Å². The maximum Gasteiger partial charge on any atom is 0.107 e. The Kier molecular flexibility index (Phi) is 5.12. The van der Waals surface area contributed by atoms with Gasteiger partial charge in [-0.1, -0.05) is 20.3 Å². The molecule has 0 radical (unpaired) electrons. The van der Waals surface area contributed by atoms with E-state index in [-0.39, 0.29) is 0 Å². The van der Waals surface area contributed by atoms with Crippen LogP contribution < -0.4 is 5.32 Å². The number of nitrogens with zero attached hydrogens (tertiary/aromatic N) is 1. The summed E-state index contributed by atoms with van der Waals surface area (Å²) in [5.41, 5.74) is 0. The zero-order valence-electron chi connectivity index (χ0n) is 9.34. The molecule has 0 saturated carbocycles. The van der Waals surface area contributed by atoms with Gasteiger partial charge in [0.05, 0.1) is 0 Å². The highest BCUT2D eigenvalue weighted by Crippen LogP contribution is 2.13. The van der Waals surface area contributed by atoms with Crippen molar-refractivity contribution in [3.05, 3.63) is 16.1 Å². The molecule has 0 fully saturated rings. The molecule has 14 heavy (non-hydrogen) atoms. The standard InChI is InChI=1S/C11H20N2S/c1-4-6-9(3)12-8-11-13-7-10(5-2)14-11/h7,9,12H,4-6,8H2,1-3H3. The van der Waals surface area contributed by atoms with Crippen molar-refractivity contribution < 1.29 is 0 Å². The van der Waals surface area contributed by atoms with Gasteiger partial charge < -0.3 is 5.32 Å². The predicted molar refractivity (Wildman–Crippen MR) is 62.7 cm³/mol. The highest BCUT2D eigenvalue weighted by atomic mass is 32.1. The van der Waals surface area contributed by atoms with Crippen molar-refractivity contribution in [2.24, 2.45) is 0 Å². The Bertz CT molecular complexity index is 258. The lowest BCUT2D eigenvalue weighted by atomic mass is 10.2. The Hall–Kier alpha value is -0.410. The molecule has 80 valence electrons. The summed E-state index contributed by atoms with van der Waals surface area (Å²) in [6.07, 6.45) is 5.58. The van der Waals surface area contributed by atoms with E-state index in [4.69, 9.17) is 0 Å². The molecule has 1 unspecified atom stereocenters. The smallest absolute Gasteiger partial charge is 0.107 e. The number of thiazole rings is 1. The molecule has 0 aromatic carbocycles. The lowest BCUT2D eigenvalue weighted by Crippen LogP contribution is -2.24. The molecular weight excluding hydrogens is 192 g/mol. The highest BCUT2D eigenvalue weighted by molar-refractivity contribution is 7.11. The average molecular weight is 212 g/mol. The van der Waals surface area contributed by atoms with E-state index in [1.165, 1.54) is 22.7 Å². The minimum Gasteiger partial charge on any atom is -0.308 e. The Balaban J connectivity index is 2.30. The molecule has 1 N–H and O–H groups in total. The van der Waals surface area contributed by atoms with Crippen molar-refractivity contribution in [1.82, 2.24) is 10.3 Å². The molecule has 0 bridgehead atoms.